The normalized spacial score (nSPS) is 11.0. The van der Waals surface area contributed by atoms with E-state index in [1.54, 1.807) is 60.6 Å². The smallest absolute Gasteiger partial charge is 0.268 e. The van der Waals surface area contributed by atoms with Gasteiger partial charge in [0.2, 0.25) is 18.3 Å². The van der Waals surface area contributed by atoms with Crippen molar-refractivity contribution in [2.75, 3.05) is 36.8 Å². The highest BCUT2D eigenvalue weighted by Crippen LogP contribution is 2.24. The van der Waals surface area contributed by atoms with E-state index in [2.05, 4.69) is 10.6 Å². The average Bonchev–Trinajstić information content (AvgIpc) is 2.81. The maximum absolute atomic E-state index is 12.2. The Labute approximate surface area is 206 Å². The SMILES string of the molecule is CC(=O)N(CCNc1cc[n+](O)c2cc(Cl)ccc12)CCNc1cc[n+](O)c2cc(Cl)ccc12. The zero-order chi connectivity index (χ0) is 24.2. The van der Waals surface area contributed by atoms with Crippen LogP contribution in [0.3, 0.4) is 0 Å². The van der Waals surface area contributed by atoms with Crippen LogP contribution < -0.4 is 20.1 Å². The summed E-state index contributed by atoms with van der Waals surface area (Å²) < 4.78 is 2.05. The molecule has 34 heavy (non-hydrogen) atoms. The van der Waals surface area contributed by atoms with E-state index in [9.17, 15) is 15.2 Å². The molecule has 0 aliphatic carbocycles. The minimum atomic E-state index is -0.0283. The fraction of sp³-hybridized carbons (Fsp3) is 0.208. The number of fused-ring (bicyclic) bond motifs is 2. The van der Waals surface area contributed by atoms with Gasteiger partial charge in [-0.05, 0) is 24.3 Å². The van der Waals surface area contributed by atoms with Crippen LogP contribution in [0.4, 0.5) is 11.4 Å². The summed E-state index contributed by atoms with van der Waals surface area (Å²) in [6.45, 7) is 3.61. The first-order valence-corrected chi connectivity index (χ1v) is 11.5. The van der Waals surface area contributed by atoms with Gasteiger partial charge in [-0.1, -0.05) is 23.2 Å². The molecule has 0 unspecified atom stereocenters. The van der Waals surface area contributed by atoms with Gasteiger partial charge in [-0.2, -0.15) is 0 Å². The van der Waals surface area contributed by atoms with Crippen molar-refractivity contribution in [1.29, 1.82) is 0 Å². The quantitative estimate of drug-likeness (QED) is 0.218. The molecule has 0 saturated carbocycles. The van der Waals surface area contributed by atoms with Gasteiger partial charge in [0.25, 0.3) is 11.0 Å². The van der Waals surface area contributed by atoms with E-state index in [4.69, 9.17) is 23.2 Å². The van der Waals surface area contributed by atoms with E-state index >= 15 is 0 Å². The van der Waals surface area contributed by atoms with Crippen molar-refractivity contribution in [2.45, 2.75) is 6.92 Å². The van der Waals surface area contributed by atoms with Gasteiger partial charge in [-0.25, -0.2) is 0 Å². The second-order valence-corrected chi connectivity index (χ2v) is 8.70. The molecule has 0 fully saturated rings. The van der Waals surface area contributed by atoms with Crippen LogP contribution in [0.2, 0.25) is 10.0 Å². The fourth-order valence-corrected chi connectivity index (χ4v) is 4.19. The molecular formula is C24H25Cl2N5O3+2. The van der Waals surface area contributed by atoms with Gasteiger partial charge >= 0.3 is 0 Å². The number of nitrogens with zero attached hydrogens (tertiary/aromatic N) is 3. The van der Waals surface area contributed by atoms with Crippen LogP contribution in [0.1, 0.15) is 6.92 Å². The summed E-state index contributed by atoms with van der Waals surface area (Å²) in [7, 11) is 0. The maximum Gasteiger partial charge on any atom is 0.268 e. The standard InChI is InChI=1S/C24H23Cl2N5O3/c1-16(32)29(12-8-27-21-6-10-30(33)23-14-17(25)2-4-19(21)23)13-9-28-22-7-11-31(34)24-15-18(26)3-5-20(22)24/h2-7,10-11,14-15,33-34H,8-9,12-13H2,1H3/p+2. The van der Waals surface area contributed by atoms with Gasteiger partial charge in [-0.3, -0.25) is 15.2 Å². The number of aromatic nitrogens is 2. The summed E-state index contributed by atoms with van der Waals surface area (Å²) in [4.78, 5) is 13.9. The number of carbonyl (C=O) groups is 1. The Morgan fingerprint density at radius 2 is 1.26 bits per heavy atom. The highest BCUT2D eigenvalue weighted by Gasteiger charge is 2.15. The summed E-state index contributed by atoms with van der Waals surface area (Å²) >= 11 is 12.1. The minimum absolute atomic E-state index is 0.0283. The van der Waals surface area contributed by atoms with E-state index in [1.807, 2.05) is 12.1 Å². The first-order chi connectivity index (χ1) is 16.3. The van der Waals surface area contributed by atoms with Crippen molar-refractivity contribution in [2.24, 2.45) is 0 Å². The van der Waals surface area contributed by atoms with Crippen molar-refractivity contribution in [3.8, 4) is 0 Å². The summed E-state index contributed by atoms with van der Waals surface area (Å²) in [5.41, 5.74) is 2.85. The summed E-state index contributed by atoms with van der Waals surface area (Å²) in [6, 6.07) is 14.1. The van der Waals surface area contributed by atoms with Gasteiger partial charge in [0.05, 0.1) is 22.1 Å². The molecule has 0 radical (unpaired) electrons. The number of hydrogen-bond acceptors (Lipinski definition) is 5. The van der Waals surface area contributed by atoms with Crippen LogP contribution in [0.15, 0.2) is 60.9 Å². The second-order valence-electron chi connectivity index (χ2n) is 7.83. The molecule has 8 nitrogen and oxygen atoms in total. The average molecular weight is 502 g/mol. The van der Waals surface area contributed by atoms with Crippen LogP contribution in [0.25, 0.3) is 21.8 Å². The molecule has 0 saturated heterocycles. The third-order valence-corrected chi connectivity index (χ3v) is 6.07. The van der Waals surface area contributed by atoms with Gasteiger partial charge in [0, 0.05) is 76.9 Å². The number of hydrogen-bond donors (Lipinski definition) is 4. The van der Waals surface area contributed by atoms with E-state index in [1.165, 1.54) is 0 Å². The van der Waals surface area contributed by atoms with E-state index in [0.29, 0.717) is 47.3 Å². The summed E-state index contributed by atoms with van der Waals surface area (Å²) in [6.07, 6.45) is 3.09. The van der Waals surface area contributed by atoms with Crippen LogP contribution in [-0.4, -0.2) is 47.4 Å². The highest BCUT2D eigenvalue weighted by molar-refractivity contribution is 6.31. The molecule has 2 heterocycles. The Morgan fingerprint density at radius 3 is 1.68 bits per heavy atom. The molecule has 1 amide bonds. The molecule has 0 aliphatic heterocycles. The molecule has 0 atom stereocenters. The summed E-state index contributed by atoms with van der Waals surface area (Å²) in [5, 5.41) is 29.5. The number of benzene rings is 2. The number of anilines is 2. The molecule has 176 valence electrons. The van der Waals surface area contributed by atoms with Crippen molar-refractivity contribution in [3.63, 3.8) is 0 Å². The lowest BCUT2D eigenvalue weighted by Crippen LogP contribution is -2.37. The van der Waals surface area contributed by atoms with Gasteiger partial charge < -0.3 is 15.5 Å². The molecule has 0 aliphatic rings. The molecule has 0 bridgehead atoms. The zero-order valence-corrected chi connectivity index (χ0v) is 20.0. The Balaban J connectivity index is 1.38. The predicted octanol–water partition coefficient (Wildman–Crippen LogP) is 3.72. The maximum atomic E-state index is 12.2. The highest BCUT2D eigenvalue weighted by atomic mass is 35.5. The third kappa shape index (κ3) is 5.18. The molecule has 2 aromatic carbocycles. The van der Waals surface area contributed by atoms with Crippen molar-refractivity contribution < 1.29 is 24.7 Å². The molecule has 2 aromatic heterocycles. The van der Waals surface area contributed by atoms with Crippen LogP contribution in [0.5, 0.6) is 0 Å². The monoisotopic (exact) mass is 501 g/mol. The lowest BCUT2D eigenvalue weighted by atomic mass is 10.2. The molecular weight excluding hydrogens is 477 g/mol. The zero-order valence-electron chi connectivity index (χ0n) is 18.5. The Morgan fingerprint density at radius 1 is 0.824 bits per heavy atom. The minimum Gasteiger partial charge on any atom is -0.382 e. The lowest BCUT2D eigenvalue weighted by molar-refractivity contribution is -0.884. The molecule has 0 spiro atoms. The van der Waals surface area contributed by atoms with E-state index in [0.717, 1.165) is 31.6 Å². The Bertz CT molecular complexity index is 1270. The number of pyridine rings is 2. The van der Waals surface area contributed by atoms with Crippen LogP contribution in [0, 0.1) is 0 Å². The van der Waals surface area contributed by atoms with Gasteiger partial charge in [-0.15, -0.1) is 0 Å². The lowest BCUT2D eigenvalue weighted by Gasteiger charge is -2.22. The first-order valence-electron chi connectivity index (χ1n) is 10.7. The summed E-state index contributed by atoms with van der Waals surface area (Å²) in [5.74, 6) is -0.0283. The van der Waals surface area contributed by atoms with Gasteiger partial charge in [0.1, 0.15) is 0 Å². The Hall–Kier alpha value is -3.49. The number of amides is 1. The van der Waals surface area contributed by atoms with E-state index in [-0.39, 0.29) is 5.91 Å². The third-order valence-electron chi connectivity index (χ3n) is 5.60. The fourth-order valence-electron chi connectivity index (χ4n) is 3.86. The number of rotatable bonds is 8. The topological polar surface area (TPSA) is 92.6 Å². The van der Waals surface area contributed by atoms with Gasteiger partial charge in [0.15, 0.2) is 0 Å². The largest absolute Gasteiger partial charge is 0.382 e. The molecule has 4 N–H and O–H groups in total. The first kappa shape index (κ1) is 23.7. The number of nitrogens with one attached hydrogen (secondary N) is 2. The number of carbonyl (C=O) groups excluding carboxylic acids is 1. The second kappa shape index (κ2) is 10.2. The van der Waals surface area contributed by atoms with Crippen LogP contribution in [-0.2, 0) is 4.79 Å². The van der Waals surface area contributed by atoms with Crippen molar-refractivity contribution >= 4 is 62.3 Å². The van der Waals surface area contributed by atoms with E-state index < -0.39 is 0 Å². The Kier molecular flexibility index (Phi) is 7.09. The molecule has 4 rings (SSSR count). The van der Waals surface area contributed by atoms with Crippen LogP contribution >= 0.6 is 23.2 Å². The van der Waals surface area contributed by atoms with Crippen molar-refractivity contribution in [1.82, 2.24) is 4.90 Å². The number of halogens is 2. The predicted molar refractivity (Wildman–Crippen MR) is 132 cm³/mol. The molecule has 4 aromatic rings. The molecule has 10 heteroatoms. The van der Waals surface area contributed by atoms with Crippen molar-refractivity contribution in [3.05, 3.63) is 71.0 Å².